The zero-order chi connectivity index (χ0) is 13.4. The first-order valence-corrected chi connectivity index (χ1v) is 6.39. The molecule has 0 unspecified atom stereocenters. The molecule has 1 amide bonds. The van der Waals surface area contributed by atoms with E-state index in [2.05, 4.69) is 21.6 Å². The van der Waals surface area contributed by atoms with E-state index < -0.39 is 0 Å². The number of hydrogen-bond acceptors (Lipinski definition) is 3. The molecule has 0 saturated carbocycles. The molecule has 98 valence electrons. The van der Waals surface area contributed by atoms with Gasteiger partial charge in [0.05, 0.1) is 11.4 Å². The Labute approximate surface area is 111 Å². The summed E-state index contributed by atoms with van der Waals surface area (Å²) in [6.45, 7) is 1.79. The highest BCUT2D eigenvalue weighted by Gasteiger charge is 2.16. The van der Waals surface area contributed by atoms with Gasteiger partial charge in [-0.2, -0.15) is 5.10 Å². The van der Waals surface area contributed by atoms with Crippen molar-refractivity contribution in [3.05, 3.63) is 40.7 Å². The molecule has 1 aromatic heterocycles. The number of nitrogens with zero attached hydrogens (tertiary/aromatic N) is 1. The van der Waals surface area contributed by atoms with Gasteiger partial charge in [0.1, 0.15) is 0 Å². The van der Waals surface area contributed by atoms with E-state index in [0.29, 0.717) is 11.4 Å². The van der Waals surface area contributed by atoms with E-state index in [9.17, 15) is 4.79 Å². The number of nitrogens with one attached hydrogen (secondary N) is 2. The fraction of sp³-hybridized carbons (Fsp3) is 0.286. The van der Waals surface area contributed by atoms with Crippen molar-refractivity contribution in [1.29, 1.82) is 0 Å². The molecule has 0 radical (unpaired) electrons. The Morgan fingerprint density at radius 1 is 1.37 bits per heavy atom. The number of nitrogen functional groups attached to an aromatic ring is 1. The Morgan fingerprint density at radius 2 is 2.16 bits per heavy atom. The van der Waals surface area contributed by atoms with Crippen LogP contribution in [0.15, 0.2) is 18.2 Å². The number of hydrogen-bond donors (Lipinski definition) is 3. The third-order valence-corrected chi connectivity index (χ3v) is 3.57. The number of H-pyrrole nitrogens is 1. The number of anilines is 2. The molecule has 1 aromatic carbocycles. The average Bonchev–Trinajstić information content (AvgIpc) is 2.97. The summed E-state index contributed by atoms with van der Waals surface area (Å²) in [5.41, 5.74) is 10.7. The number of carbonyl (C=O) groups excluding carboxylic acids is 1. The monoisotopic (exact) mass is 256 g/mol. The summed E-state index contributed by atoms with van der Waals surface area (Å²) in [4.78, 5) is 12.1. The molecule has 19 heavy (non-hydrogen) atoms. The number of carbonyl (C=O) groups is 1. The number of aromatic amines is 1. The van der Waals surface area contributed by atoms with E-state index in [4.69, 9.17) is 5.73 Å². The lowest BCUT2D eigenvalue weighted by molar-refractivity contribution is 0.102. The van der Waals surface area contributed by atoms with Crippen LogP contribution >= 0.6 is 0 Å². The maximum atomic E-state index is 12.1. The molecule has 4 N–H and O–H groups in total. The van der Waals surface area contributed by atoms with E-state index in [-0.39, 0.29) is 11.6 Å². The molecule has 3 rings (SSSR count). The molecule has 2 aromatic rings. The Morgan fingerprint density at radius 3 is 2.89 bits per heavy atom. The van der Waals surface area contributed by atoms with Gasteiger partial charge in [-0.15, -0.1) is 0 Å². The van der Waals surface area contributed by atoms with Crippen molar-refractivity contribution in [2.45, 2.75) is 26.2 Å². The molecule has 0 fully saturated rings. The summed E-state index contributed by atoms with van der Waals surface area (Å²) in [6.07, 6.45) is 3.41. The molecule has 0 spiro atoms. The van der Waals surface area contributed by atoms with Crippen molar-refractivity contribution in [2.75, 3.05) is 11.1 Å². The Hall–Kier alpha value is -2.30. The smallest absolute Gasteiger partial charge is 0.278 e. The maximum absolute atomic E-state index is 12.1. The Balaban J connectivity index is 1.82. The molecular weight excluding hydrogens is 240 g/mol. The highest BCUT2D eigenvalue weighted by Crippen LogP contribution is 2.25. The van der Waals surface area contributed by atoms with Crippen LogP contribution in [0.5, 0.6) is 0 Å². The second-order valence-electron chi connectivity index (χ2n) is 4.90. The minimum absolute atomic E-state index is 0.248. The summed E-state index contributed by atoms with van der Waals surface area (Å²) in [5, 5.41) is 9.47. The summed E-state index contributed by atoms with van der Waals surface area (Å²) in [5.74, 6) is -0.278. The van der Waals surface area contributed by atoms with Crippen LogP contribution in [0.3, 0.4) is 0 Å². The standard InChI is InChI=1S/C14H16N4O/c1-8-12(15)13(18-17-8)14(19)16-11-6-5-9-3-2-4-10(9)7-11/h5-7H,2-4,15H2,1H3,(H,16,19)(H,17,18). The predicted octanol–water partition coefficient (Wildman–Crippen LogP) is 2.04. The third kappa shape index (κ3) is 2.07. The highest BCUT2D eigenvalue weighted by atomic mass is 16.2. The number of aromatic nitrogens is 2. The van der Waals surface area contributed by atoms with Crippen molar-refractivity contribution < 1.29 is 4.79 Å². The van der Waals surface area contributed by atoms with Crippen molar-refractivity contribution in [3.63, 3.8) is 0 Å². The summed E-state index contributed by atoms with van der Waals surface area (Å²) < 4.78 is 0. The van der Waals surface area contributed by atoms with Gasteiger partial charge in [-0.25, -0.2) is 0 Å². The van der Waals surface area contributed by atoms with Gasteiger partial charge >= 0.3 is 0 Å². The molecule has 5 heteroatoms. The lowest BCUT2D eigenvalue weighted by atomic mass is 10.1. The average molecular weight is 256 g/mol. The van der Waals surface area contributed by atoms with Gasteiger partial charge in [0.2, 0.25) is 0 Å². The number of nitrogens with two attached hydrogens (primary N) is 1. The van der Waals surface area contributed by atoms with Crippen LogP contribution in [-0.2, 0) is 12.8 Å². The minimum Gasteiger partial charge on any atom is -0.395 e. The third-order valence-electron chi connectivity index (χ3n) is 3.57. The van der Waals surface area contributed by atoms with Crippen molar-refractivity contribution in [2.24, 2.45) is 0 Å². The van der Waals surface area contributed by atoms with E-state index in [1.165, 1.54) is 17.5 Å². The normalized spacial score (nSPS) is 13.3. The number of benzene rings is 1. The van der Waals surface area contributed by atoms with Crippen LogP contribution in [0.25, 0.3) is 0 Å². The molecule has 0 aliphatic heterocycles. The fourth-order valence-electron chi connectivity index (χ4n) is 2.45. The SMILES string of the molecule is Cc1[nH]nc(C(=O)Nc2ccc3c(c2)CCC3)c1N. The zero-order valence-corrected chi connectivity index (χ0v) is 10.8. The lowest BCUT2D eigenvalue weighted by Crippen LogP contribution is -2.14. The number of aryl methyl sites for hydroxylation is 3. The highest BCUT2D eigenvalue weighted by molar-refractivity contribution is 6.06. The minimum atomic E-state index is -0.278. The molecule has 1 aliphatic rings. The first-order valence-electron chi connectivity index (χ1n) is 6.39. The first kappa shape index (κ1) is 11.8. The van der Waals surface area contributed by atoms with E-state index in [1.54, 1.807) is 6.92 Å². The van der Waals surface area contributed by atoms with Crippen molar-refractivity contribution in [1.82, 2.24) is 10.2 Å². The maximum Gasteiger partial charge on any atom is 0.278 e. The lowest BCUT2D eigenvalue weighted by Gasteiger charge is -2.06. The number of rotatable bonds is 2. The molecule has 0 saturated heterocycles. The van der Waals surface area contributed by atoms with E-state index in [1.807, 2.05) is 12.1 Å². The van der Waals surface area contributed by atoms with Gasteiger partial charge in [-0.1, -0.05) is 6.07 Å². The van der Waals surface area contributed by atoms with E-state index in [0.717, 1.165) is 18.5 Å². The summed E-state index contributed by atoms with van der Waals surface area (Å²) in [6, 6.07) is 6.05. The molecule has 0 atom stereocenters. The number of amides is 1. The van der Waals surface area contributed by atoms with Crippen LogP contribution in [-0.4, -0.2) is 16.1 Å². The van der Waals surface area contributed by atoms with Crippen molar-refractivity contribution in [3.8, 4) is 0 Å². The Kier molecular flexibility index (Phi) is 2.74. The quantitative estimate of drug-likeness (QED) is 0.768. The first-order chi connectivity index (χ1) is 9.15. The van der Waals surface area contributed by atoms with Gasteiger partial charge in [-0.3, -0.25) is 9.89 Å². The van der Waals surface area contributed by atoms with Gasteiger partial charge in [0.15, 0.2) is 5.69 Å². The van der Waals surface area contributed by atoms with Crippen LogP contribution in [0, 0.1) is 6.92 Å². The zero-order valence-electron chi connectivity index (χ0n) is 10.8. The second-order valence-corrected chi connectivity index (χ2v) is 4.90. The molecular formula is C14H16N4O. The fourth-order valence-corrected chi connectivity index (χ4v) is 2.45. The summed E-state index contributed by atoms with van der Waals surface area (Å²) in [7, 11) is 0. The summed E-state index contributed by atoms with van der Waals surface area (Å²) >= 11 is 0. The van der Waals surface area contributed by atoms with Gasteiger partial charge in [-0.05, 0) is 49.4 Å². The predicted molar refractivity (Wildman–Crippen MR) is 74.2 cm³/mol. The van der Waals surface area contributed by atoms with Crippen LogP contribution in [0.2, 0.25) is 0 Å². The van der Waals surface area contributed by atoms with Gasteiger partial charge in [0, 0.05) is 5.69 Å². The molecule has 1 aliphatic carbocycles. The van der Waals surface area contributed by atoms with Crippen molar-refractivity contribution >= 4 is 17.3 Å². The van der Waals surface area contributed by atoms with Gasteiger partial charge in [0.25, 0.3) is 5.91 Å². The van der Waals surface area contributed by atoms with Crippen LogP contribution < -0.4 is 11.1 Å². The molecule has 1 heterocycles. The van der Waals surface area contributed by atoms with Crippen LogP contribution in [0.4, 0.5) is 11.4 Å². The van der Waals surface area contributed by atoms with Gasteiger partial charge < -0.3 is 11.1 Å². The van der Waals surface area contributed by atoms with Crippen LogP contribution in [0.1, 0.15) is 33.7 Å². The second kappa shape index (κ2) is 4.42. The largest absolute Gasteiger partial charge is 0.395 e. The molecule has 5 nitrogen and oxygen atoms in total. The topological polar surface area (TPSA) is 83.8 Å². The number of fused-ring (bicyclic) bond motifs is 1. The molecule has 0 bridgehead atoms. The van der Waals surface area contributed by atoms with E-state index >= 15 is 0 Å². The Bertz CT molecular complexity index is 645.